The number of esters is 1. The van der Waals surface area contributed by atoms with E-state index < -0.39 is 16.0 Å². The van der Waals surface area contributed by atoms with Crippen LogP contribution in [0.5, 0.6) is 5.75 Å². The molecule has 2 rings (SSSR count). The molecule has 0 unspecified atom stereocenters. The number of sulfonamides is 1. The minimum atomic E-state index is -3.51. The number of nitrogens with zero attached hydrogens (tertiary/aromatic N) is 1. The Bertz CT molecular complexity index is 1050. The Balaban J connectivity index is 2.08. The minimum absolute atomic E-state index is 0.0857. The summed E-state index contributed by atoms with van der Waals surface area (Å²) in [6, 6.07) is 10.1. The van der Waals surface area contributed by atoms with E-state index in [2.05, 4.69) is 5.32 Å². The van der Waals surface area contributed by atoms with Crippen LogP contribution in [0.2, 0.25) is 0 Å². The SMILES string of the molecule is COC(=O)c1ccc(OC)c(NC(=O)CCCN(c2cc(C)cc(C)c2)S(C)(=O)=O)c1. The highest BCUT2D eigenvalue weighted by Crippen LogP contribution is 2.26. The van der Waals surface area contributed by atoms with Crippen molar-refractivity contribution in [2.24, 2.45) is 0 Å². The highest BCUT2D eigenvalue weighted by atomic mass is 32.2. The molecule has 0 radical (unpaired) electrons. The molecule has 2 aromatic rings. The van der Waals surface area contributed by atoms with Crippen LogP contribution in [0.3, 0.4) is 0 Å². The normalized spacial score (nSPS) is 11.0. The number of amides is 1. The van der Waals surface area contributed by atoms with Crippen molar-refractivity contribution in [3.05, 3.63) is 53.1 Å². The van der Waals surface area contributed by atoms with E-state index in [1.807, 2.05) is 19.9 Å². The second-order valence-corrected chi connectivity index (χ2v) is 9.15. The van der Waals surface area contributed by atoms with Gasteiger partial charge in [0.2, 0.25) is 15.9 Å². The zero-order valence-electron chi connectivity index (χ0n) is 18.4. The lowest BCUT2D eigenvalue weighted by Crippen LogP contribution is -2.31. The summed E-state index contributed by atoms with van der Waals surface area (Å²) in [4.78, 5) is 24.2. The summed E-state index contributed by atoms with van der Waals surface area (Å²) in [5, 5.41) is 2.71. The van der Waals surface area contributed by atoms with Gasteiger partial charge in [-0.25, -0.2) is 13.2 Å². The predicted octanol–water partition coefficient (Wildman–Crippen LogP) is 3.28. The van der Waals surface area contributed by atoms with Crippen LogP contribution >= 0.6 is 0 Å². The number of carbonyl (C=O) groups excluding carboxylic acids is 2. The second kappa shape index (κ2) is 10.3. The van der Waals surface area contributed by atoms with E-state index >= 15 is 0 Å². The minimum Gasteiger partial charge on any atom is -0.495 e. The van der Waals surface area contributed by atoms with Gasteiger partial charge in [0, 0.05) is 13.0 Å². The van der Waals surface area contributed by atoms with Gasteiger partial charge >= 0.3 is 5.97 Å². The van der Waals surface area contributed by atoms with Crippen molar-refractivity contribution in [2.45, 2.75) is 26.7 Å². The number of hydrogen-bond acceptors (Lipinski definition) is 6. The van der Waals surface area contributed by atoms with E-state index in [1.54, 1.807) is 18.2 Å². The van der Waals surface area contributed by atoms with Crippen molar-refractivity contribution in [1.82, 2.24) is 0 Å². The second-order valence-electron chi connectivity index (χ2n) is 7.24. The Labute approximate surface area is 183 Å². The summed E-state index contributed by atoms with van der Waals surface area (Å²) in [6.45, 7) is 3.97. The molecule has 0 bridgehead atoms. The van der Waals surface area contributed by atoms with Crippen molar-refractivity contribution >= 4 is 33.3 Å². The fraction of sp³-hybridized carbons (Fsp3) is 0.364. The molecule has 0 saturated carbocycles. The van der Waals surface area contributed by atoms with Crippen LogP contribution in [-0.2, 0) is 19.6 Å². The van der Waals surface area contributed by atoms with Crippen molar-refractivity contribution in [2.75, 3.05) is 36.6 Å². The summed E-state index contributed by atoms with van der Waals surface area (Å²) >= 11 is 0. The van der Waals surface area contributed by atoms with E-state index in [1.165, 1.54) is 30.7 Å². The number of anilines is 2. The Morgan fingerprint density at radius 3 is 2.23 bits per heavy atom. The third-order valence-electron chi connectivity index (χ3n) is 4.55. The highest BCUT2D eigenvalue weighted by Gasteiger charge is 2.19. The van der Waals surface area contributed by atoms with Gasteiger partial charge in [-0.2, -0.15) is 0 Å². The molecule has 31 heavy (non-hydrogen) atoms. The predicted molar refractivity (Wildman–Crippen MR) is 120 cm³/mol. The smallest absolute Gasteiger partial charge is 0.337 e. The fourth-order valence-corrected chi connectivity index (χ4v) is 4.18. The molecule has 168 valence electrons. The van der Waals surface area contributed by atoms with Crippen LogP contribution in [0.25, 0.3) is 0 Å². The zero-order chi connectivity index (χ0) is 23.2. The molecule has 0 aliphatic rings. The summed E-state index contributed by atoms with van der Waals surface area (Å²) < 4.78 is 35.8. The third kappa shape index (κ3) is 6.71. The molecule has 0 heterocycles. The van der Waals surface area contributed by atoms with Crippen LogP contribution in [0, 0.1) is 13.8 Å². The summed E-state index contributed by atoms with van der Waals surface area (Å²) in [6.07, 6.45) is 1.54. The van der Waals surface area contributed by atoms with E-state index in [0.29, 0.717) is 23.5 Å². The Morgan fingerprint density at radius 2 is 1.68 bits per heavy atom. The average molecular weight is 449 g/mol. The Kier molecular flexibility index (Phi) is 8.04. The first-order valence-electron chi connectivity index (χ1n) is 9.67. The molecule has 0 atom stereocenters. The zero-order valence-corrected chi connectivity index (χ0v) is 19.2. The maximum absolute atomic E-state index is 12.5. The quantitative estimate of drug-likeness (QED) is 0.591. The molecule has 2 aromatic carbocycles. The van der Waals surface area contributed by atoms with Gasteiger partial charge < -0.3 is 14.8 Å². The molecule has 0 fully saturated rings. The molecule has 1 amide bonds. The topological polar surface area (TPSA) is 102 Å². The number of carbonyl (C=O) groups is 2. The van der Waals surface area contributed by atoms with Gasteiger partial charge in [-0.1, -0.05) is 6.07 Å². The number of nitrogens with one attached hydrogen (secondary N) is 1. The first-order chi connectivity index (χ1) is 14.5. The first-order valence-corrected chi connectivity index (χ1v) is 11.5. The Morgan fingerprint density at radius 1 is 1.03 bits per heavy atom. The van der Waals surface area contributed by atoms with Crippen LogP contribution in [0.4, 0.5) is 11.4 Å². The van der Waals surface area contributed by atoms with Gasteiger partial charge in [0.1, 0.15) is 5.75 Å². The van der Waals surface area contributed by atoms with Crippen molar-refractivity contribution in [3.8, 4) is 5.75 Å². The molecular weight excluding hydrogens is 420 g/mol. The molecule has 0 aliphatic carbocycles. The molecule has 0 aromatic heterocycles. The van der Waals surface area contributed by atoms with Gasteiger partial charge in [-0.15, -0.1) is 0 Å². The highest BCUT2D eigenvalue weighted by molar-refractivity contribution is 7.92. The lowest BCUT2D eigenvalue weighted by Gasteiger charge is -2.23. The molecule has 0 aliphatic heterocycles. The number of hydrogen-bond donors (Lipinski definition) is 1. The number of benzene rings is 2. The van der Waals surface area contributed by atoms with Crippen LogP contribution < -0.4 is 14.4 Å². The van der Waals surface area contributed by atoms with E-state index in [0.717, 1.165) is 17.4 Å². The van der Waals surface area contributed by atoms with E-state index in [-0.39, 0.29) is 24.4 Å². The molecule has 1 N–H and O–H groups in total. The number of aryl methyl sites for hydroxylation is 2. The van der Waals surface area contributed by atoms with Crippen LogP contribution in [0.15, 0.2) is 36.4 Å². The number of ether oxygens (including phenoxy) is 2. The third-order valence-corrected chi connectivity index (χ3v) is 5.75. The van der Waals surface area contributed by atoms with Crippen LogP contribution in [-0.4, -0.2) is 47.3 Å². The molecule has 0 spiro atoms. The maximum Gasteiger partial charge on any atom is 0.337 e. The van der Waals surface area contributed by atoms with Gasteiger partial charge in [0.25, 0.3) is 0 Å². The van der Waals surface area contributed by atoms with Crippen molar-refractivity contribution < 1.29 is 27.5 Å². The van der Waals surface area contributed by atoms with Crippen molar-refractivity contribution in [3.63, 3.8) is 0 Å². The average Bonchev–Trinajstić information content (AvgIpc) is 2.68. The molecule has 0 saturated heterocycles. The van der Waals surface area contributed by atoms with Gasteiger partial charge in [0.15, 0.2) is 0 Å². The van der Waals surface area contributed by atoms with E-state index in [4.69, 9.17) is 9.47 Å². The first kappa shape index (κ1) is 24.2. The summed E-state index contributed by atoms with van der Waals surface area (Å²) in [7, 11) is -0.780. The molecule has 9 heteroatoms. The van der Waals surface area contributed by atoms with Crippen molar-refractivity contribution in [1.29, 1.82) is 0 Å². The lowest BCUT2D eigenvalue weighted by molar-refractivity contribution is -0.116. The maximum atomic E-state index is 12.5. The van der Waals surface area contributed by atoms with Crippen LogP contribution in [0.1, 0.15) is 34.3 Å². The molecular formula is C22H28N2O6S. The largest absolute Gasteiger partial charge is 0.495 e. The fourth-order valence-electron chi connectivity index (χ4n) is 3.23. The molecule has 8 nitrogen and oxygen atoms in total. The summed E-state index contributed by atoms with van der Waals surface area (Å²) in [5.41, 5.74) is 3.10. The summed E-state index contributed by atoms with van der Waals surface area (Å²) in [5.74, 6) is -0.460. The lowest BCUT2D eigenvalue weighted by atomic mass is 10.1. The van der Waals surface area contributed by atoms with Gasteiger partial charge in [-0.3, -0.25) is 9.10 Å². The Hall–Kier alpha value is -3.07. The van der Waals surface area contributed by atoms with Gasteiger partial charge in [0.05, 0.1) is 37.4 Å². The van der Waals surface area contributed by atoms with E-state index in [9.17, 15) is 18.0 Å². The van der Waals surface area contributed by atoms with Gasteiger partial charge in [-0.05, 0) is 61.7 Å². The number of methoxy groups -OCH3 is 2. The standard InChI is InChI=1S/C22H28N2O6S/c1-15-11-16(2)13-18(12-15)24(31(5,27)28)10-6-7-21(25)23-19-14-17(22(26)30-4)8-9-20(19)29-3/h8-9,11-14H,6-7,10H2,1-5H3,(H,23,25). The monoisotopic (exact) mass is 448 g/mol. The number of rotatable bonds is 9.